The number of benzene rings is 2. The summed E-state index contributed by atoms with van der Waals surface area (Å²) in [7, 11) is 1.60. The molecular weight excluding hydrogens is 358 g/mol. The molecule has 25 heavy (non-hydrogen) atoms. The lowest BCUT2D eigenvalue weighted by Gasteiger charge is -2.12. The quantitative estimate of drug-likeness (QED) is 0.437. The topological polar surface area (TPSA) is 54.9 Å². The summed E-state index contributed by atoms with van der Waals surface area (Å²) < 4.78 is 11.2. The Hall–Kier alpha value is -2.31. The molecular formula is C18H20ClN3O2S. The van der Waals surface area contributed by atoms with Crippen LogP contribution in [0, 0.1) is 0 Å². The van der Waals surface area contributed by atoms with Gasteiger partial charge in [-0.3, -0.25) is 5.43 Å². The molecule has 0 aliphatic rings. The Morgan fingerprint density at radius 2 is 2.04 bits per heavy atom. The van der Waals surface area contributed by atoms with Gasteiger partial charge in [-0.25, -0.2) is 0 Å². The summed E-state index contributed by atoms with van der Waals surface area (Å²) in [5.74, 6) is 1.25. The highest BCUT2D eigenvalue weighted by Crippen LogP contribution is 2.29. The molecule has 0 aliphatic heterocycles. The first-order valence-corrected chi connectivity index (χ1v) is 8.53. The number of nitrogens with one attached hydrogen (secondary N) is 2. The maximum absolute atomic E-state index is 6.16. The molecule has 0 heterocycles. The van der Waals surface area contributed by atoms with Crippen LogP contribution >= 0.6 is 23.8 Å². The number of thiocarbonyl (C=S) groups is 1. The summed E-state index contributed by atoms with van der Waals surface area (Å²) in [6.45, 7) is 3.05. The summed E-state index contributed by atoms with van der Waals surface area (Å²) in [5.41, 5.74) is 4.50. The van der Waals surface area contributed by atoms with Crippen LogP contribution in [0.25, 0.3) is 0 Å². The summed E-state index contributed by atoms with van der Waals surface area (Å²) in [4.78, 5) is 0. The van der Waals surface area contributed by atoms with Gasteiger partial charge in [0.05, 0.1) is 13.3 Å². The Labute approximate surface area is 158 Å². The Morgan fingerprint density at radius 1 is 1.24 bits per heavy atom. The molecule has 0 amide bonds. The third-order valence-corrected chi connectivity index (χ3v) is 3.85. The second-order valence-corrected chi connectivity index (χ2v) is 5.84. The van der Waals surface area contributed by atoms with Crippen molar-refractivity contribution in [2.45, 2.75) is 13.5 Å². The van der Waals surface area contributed by atoms with Crippen molar-refractivity contribution in [1.29, 1.82) is 0 Å². The van der Waals surface area contributed by atoms with Crippen LogP contribution in [-0.2, 0) is 6.61 Å². The van der Waals surface area contributed by atoms with E-state index in [4.69, 9.17) is 33.3 Å². The SMILES string of the molecule is CCNC(=S)N/N=C/c1ccc(OC)c(OCc2ccccc2Cl)c1. The van der Waals surface area contributed by atoms with Gasteiger partial charge < -0.3 is 14.8 Å². The van der Waals surface area contributed by atoms with E-state index in [0.717, 1.165) is 17.7 Å². The maximum Gasteiger partial charge on any atom is 0.186 e. The lowest BCUT2D eigenvalue weighted by atomic mass is 10.2. The van der Waals surface area contributed by atoms with Gasteiger partial charge in [-0.05, 0) is 49.0 Å². The minimum absolute atomic E-state index is 0.347. The van der Waals surface area contributed by atoms with Crippen molar-refractivity contribution in [2.24, 2.45) is 5.10 Å². The van der Waals surface area contributed by atoms with Crippen LogP contribution in [0.15, 0.2) is 47.6 Å². The highest BCUT2D eigenvalue weighted by atomic mass is 35.5. The summed E-state index contributed by atoms with van der Waals surface area (Å²) in [5, 5.41) is 8.19. The molecule has 0 saturated carbocycles. The predicted octanol–water partition coefficient (Wildman–Crippen LogP) is 3.75. The van der Waals surface area contributed by atoms with Gasteiger partial charge in [0.2, 0.25) is 0 Å². The molecule has 132 valence electrons. The monoisotopic (exact) mass is 377 g/mol. The van der Waals surface area contributed by atoms with Gasteiger partial charge in [0.25, 0.3) is 0 Å². The van der Waals surface area contributed by atoms with E-state index < -0.39 is 0 Å². The van der Waals surface area contributed by atoms with E-state index in [1.165, 1.54) is 0 Å². The molecule has 0 saturated heterocycles. The number of halogens is 1. The first-order valence-electron chi connectivity index (χ1n) is 7.75. The maximum atomic E-state index is 6.16. The number of ether oxygens (including phenoxy) is 2. The summed E-state index contributed by atoms with van der Waals surface area (Å²) in [6, 6.07) is 13.1. The minimum Gasteiger partial charge on any atom is -0.493 e. The lowest BCUT2D eigenvalue weighted by Crippen LogP contribution is -2.31. The predicted molar refractivity (Wildman–Crippen MR) is 106 cm³/mol. The molecule has 0 aromatic heterocycles. The summed E-state index contributed by atoms with van der Waals surface area (Å²) >= 11 is 11.2. The van der Waals surface area contributed by atoms with Crippen molar-refractivity contribution in [3.63, 3.8) is 0 Å². The molecule has 0 atom stereocenters. The van der Waals surface area contributed by atoms with E-state index in [2.05, 4.69) is 15.8 Å². The van der Waals surface area contributed by atoms with Crippen LogP contribution in [0.4, 0.5) is 0 Å². The van der Waals surface area contributed by atoms with Crippen LogP contribution in [0.1, 0.15) is 18.1 Å². The third-order valence-electron chi connectivity index (χ3n) is 3.25. The van der Waals surface area contributed by atoms with Crippen molar-refractivity contribution in [3.8, 4) is 11.5 Å². The molecule has 0 fully saturated rings. The molecule has 0 spiro atoms. The van der Waals surface area contributed by atoms with Crippen LogP contribution in [0.2, 0.25) is 5.02 Å². The fraction of sp³-hybridized carbons (Fsp3) is 0.222. The third kappa shape index (κ3) is 5.92. The smallest absolute Gasteiger partial charge is 0.186 e. The van der Waals surface area contributed by atoms with Crippen molar-refractivity contribution < 1.29 is 9.47 Å². The Kier molecular flexibility index (Phi) is 7.50. The summed E-state index contributed by atoms with van der Waals surface area (Å²) in [6.07, 6.45) is 1.66. The number of methoxy groups -OCH3 is 1. The normalized spacial score (nSPS) is 10.5. The van der Waals surface area contributed by atoms with Crippen LogP contribution in [0.3, 0.4) is 0 Å². The van der Waals surface area contributed by atoms with Crippen molar-refractivity contribution in [3.05, 3.63) is 58.6 Å². The number of rotatable bonds is 7. The average molecular weight is 378 g/mol. The fourth-order valence-corrected chi connectivity index (χ4v) is 2.41. The molecule has 5 nitrogen and oxygen atoms in total. The largest absolute Gasteiger partial charge is 0.493 e. The standard InChI is InChI=1S/C18H20ClN3O2S/c1-3-20-18(25)22-21-11-13-8-9-16(23-2)17(10-13)24-12-14-6-4-5-7-15(14)19/h4-11H,3,12H2,1-2H3,(H2,20,22,25)/b21-11+. The Balaban J connectivity index is 2.07. The van der Waals surface area contributed by atoms with Gasteiger partial charge in [0.1, 0.15) is 6.61 Å². The van der Waals surface area contributed by atoms with E-state index in [1.807, 2.05) is 49.4 Å². The molecule has 7 heteroatoms. The fourth-order valence-electron chi connectivity index (χ4n) is 2.02. The van der Waals surface area contributed by atoms with Crippen molar-refractivity contribution in [2.75, 3.05) is 13.7 Å². The Morgan fingerprint density at radius 3 is 2.76 bits per heavy atom. The van der Waals surface area contributed by atoms with Gasteiger partial charge in [-0.15, -0.1) is 0 Å². The molecule has 2 N–H and O–H groups in total. The van der Waals surface area contributed by atoms with Gasteiger partial charge in [0, 0.05) is 17.1 Å². The number of hydrazone groups is 1. The Bertz CT molecular complexity index is 753. The van der Waals surface area contributed by atoms with E-state index >= 15 is 0 Å². The first-order chi connectivity index (χ1) is 12.1. The minimum atomic E-state index is 0.347. The van der Waals surface area contributed by atoms with Gasteiger partial charge in [0.15, 0.2) is 16.6 Å². The zero-order valence-corrected chi connectivity index (χ0v) is 15.7. The highest BCUT2D eigenvalue weighted by Gasteiger charge is 2.07. The number of nitrogens with zero attached hydrogens (tertiary/aromatic N) is 1. The van der Waals surface area contributed by atoms with Crippen molar-refractivity contribution >= 4 is 35.1 Å². The van der Waals surface area contributed by atoms with E-state index in [-0.39, 0.29) is 0 Å². The zero-order chi connectivity index (χ0) is 18.1. The van der Waals surface area contributed by atoms with Gasteiger partial charge in [-0.2, -0.15) is 5.10 Å². The molecule has 0 bridgehead atoms. The van der Waals surface area contributed by atoms with Crippen molar-refractivity contribution in [1.82, 2.24) is 10.7 Å². The molecule has 0 radical (unpaired) electrons. The zero-order valence-electron chi connectivity index (χ0n) is 14.1. The van der Waals surface area contributed by atoms with Crippen LogP contribution in [-0.4, -0.2) is 25.0 Å². The number of hydrogen-bond acceptors (Lipinski definition) is 4. The number of hydrogen-bond donors (Lipinski definition) is 2. The molecule has 0 aliphatic carbocycles. The van der Waals surface area contributed by atoms with Crippen LogP contribution < -0.4 is 20.2 Å². The van der Waals surface area contributed by atoms with Gasteiger partial charge >= 0.3 is 0 Å². The second-order valence-electron chi connectivity index (χ2n) is 5.02. The van der Waals surface area contributed by atoms with Crippen LogP contribution in [0.5, 0.6) is 11.5 Å². The van der Waals surface area contributed by atoms with E-state index in [0.29, 0.717) is 28.2 Å². The highest BCUT2D eigenvalue weighted by molar-refractivity contribution is 7.80. The van der Waals surface area contributed by atoms with Gasteiger partial charge in [-0.1, -0.05) is 29.8 Å². The van der Waals surface area contributed by atoms with E-state index in [9.17, 15) is 0 Å². The average Bonchev–Trinajstić information content (AvgIpc) is 2.61. The second kappa shape index (κ2) is 9.86. The lowest BCUT2D eigenvalue weighted by molar-refractivity contribution is 0.284. The molecule has 0 unspecified atom stereocenters. The molecule has 2 aromatic carbocycles. The first kappa shape index (κ1) is 19.0. The molecule has 2 rings (SSSR count). The van der Waals surface area contributed by atoms with E-state index in [1.54, 1.807) is 13.3 Å². The molecule has 2 aromatic rings.